The molecule has 3 heteroatoms. The molecule has 0 aromatic rings. The summed E-state index contributed by atoms with van der Waals surface area (Å²) < 4.78 is 0. The first kappa shape index (κ1) is 14.5. The Kier molecular flexibility index (Phi) is 6.56. The van der Waals surface area contributed by atoms with Gasteiger partial charge >= 0.3 is 0 Å². The van der Waals surface area contributed by atoms with Crippen molar-refractivity contribution in [2.24, 2.45) is 11.8 Å². The Bertz CT molecular complexity index is 226. The van der Waals surface area contributed by atoms with Crippen molar-refractivity contribution in [1.82, 2.24) is 10.6 Å². The van der Waals surface area contributed by atoms with Crippen LogP contribution in [0.4, 0.5) is 0 Å². The van der Waals surface area contributed by atoms with Crippen molar-refractivity contribution < 1.29 is 4.79 Å². The van der Waals surface area contributed by atoms with Crippen LogP contribution in [0.15, 0.2) is 0 Å². The summed E-state index contributed by atoms with van der Waals surface area (Å²) in [4.78, 5) is 12.1. The second-order valence-electron chi connectivity index (χ2n) is 5.34. The zero-order valence-corrected chi connectivity index (χ0v) is 11.6. The van der Waals surface area contributed by atoms with Crippen LogP contribution in [0.25, 0.3) is 0 Å². The smallest absolute Gasteiger partial charge is 0.223 e. The van der Waals surface area contributed by atoms with Crippen LogP contribution in [0, 0.1) is 11.8 Å². The van der Waals surface area contributed by atoms with E-state index in [1.54, 1.807) is 0 Å². The molecule has 0 aromatic heterocycles. The minimum Gasteiger partial charge on any atom is -0.353 e. The van der Waals surface area contributed by atoms with Crippen molar-refractivity contribution in [1.29, 1.82) is 0 Å². The number of hydrogen-bond acceptors (Lipinski definition) is 2. The SMILES string of the molecule is CCCCC(CCC)NC(=O)C(C)C1CNC1. The molecule has 100 valence electrons. The highest BCUT2D eigenvalue weighted by Crippen LogP contribution is 2.17. The molecule has 0 saturated carbocycles. The van der Waals surface area contributed by atoms with Crippen molar-refractivity contribution >= 4 is 5.91 Å². The molecule has 1 heterocycles. The molecule has 2 unspecified atom stereocenters. The lowest BCUT2D eigenvalue weighted by atomic mass is 9.88. The summed E-state index contributed by atoms with van der Waals surface area (Å²) in [5.41, 5.74) is 0. The third-order valence-electron chi connectivity index (χ3n) is 3.82. The van der Waals surface area contributed by atoms with E-state index in [1.807, 2.05) is 0 Å². The average Bonchev–Trinajstić information content (AvgIpc) is 2.23. The van der Waals surface area contributed by atoms with Gasteiger partial charge in [-0.3, -0.25) is 4.79 Å². The molecular formula is C14H28N2O. The van der Waals surface area contributed by atoms with Crippen molar-refractivity contribution in [2.45, 2.75) is 58.9 Å². The molecule has 1 fully saturated rings. The summed E-state index contributed by atoms with van der Waals surface area (Å²) in [6, 6.07) is 0.392. The molecule has 17 heavy (non-hydrogen) atoms. The lowest BCUT2D eigenvalue weighted by molar-refractivity contribution is -0.127. The maximum absolute atomic E-state index is 12.1. The molecule has 2 N–H and O–H groups in total. The van der Waals surface area contributed by atoms with Gasteiger partial charge in [-0.15, -0.1) is 0 Å². The topological polar surface area (TPSA) is 41.1 Å². The van der Waals surface area contributed by atoms with Crippen LogP contribution < -0.4 is 10.6 Å². The Morgan fingerprint density at radius 1 is 1.29 bits per heavy atom. The van der Waals surface area contributed by atoms with Crippen LogP contribution in [-0.2, 0) is 4.79 Å². The molecule has 1 aliphatic rings. The third kappa shape index (κ3) is 4.66. The highest BCUT2D eigenvalue weighted by atomic mass is 16.1. The second-order valence-corrected chi connectivity index (χ2v) is 5.34. The highest BCUT2D eigenvalue weighted by molar-refractivity contribution is 5.79. The van der Waals surface area contributed by atoms with E-state index in [1.165, 1.54) is 12.8 Å². The van der Waals surface area contributed by atoms with E-state index in [4.69, 9.17) is 0 Å². The van der Waals surface area contributed by atoms with Crippen LogP contribution >= 0.6 is 0 Å². The molecule has 3 nitrogen and oxygen atoms in total. The first-order chi connectivity index (χ1) is 8.19. The van der Waals surface area contributed by atoms with Crippen LogP contribution in [0.3, 0.4) is 0 Å². The van der Waals surface area contributed by atoms with Gasteiger partial charge in [0.15, 0.2) is 0 Å². The monoisotopic (exact) mass is 240 g/mol. The van der Waals surface area contributed by atoms with E-state index < -0.39 is 0 Å². The molecule has 0 radical (unpaired) electrons. The van der Waals surface area contributed by atoms with Crippen LogP contribution in [0.2, 0.25) is 0 Å². The predicted octanol–water partition coefficient (Wildman–Crippen LogP) is 2.32. The molecule has 0 aliphatic carbocycles. The molecule has 0 spiro atoms. The minimum atomic E-state index is 0.164. The zero-order valence-electron chi connectivity index (χ0n) is 11.6. The lowest BCUT2D eigenvalue weighted by Crippen LogP contribution is -2.51. The Morgan fingerprint density at radius 2 is 2.00 bits per heavy atom. The molecule has 2 atom stereocenters. The van der Waals surface area contributed by atoms with E-state index in [0.717, 1.165) is 32.4 Å². The Balaban J connectivity index is 2.33. The van der Waals surface area contributed by atoms with Gasteiger partial charge in [0.05, 0.1) is 0 Å². The first-order valence-corrected chi connectivity index (χ1v) is 7.20. The van der Waals surface area contributed by atoms with Crippen LogP contribution in [0.1, 0.15) is 52.9 Å². The number of amides is 1. The van der Waals surface area contributed by atoms with Crippen molar-refractivity contribution in [3.63, 3.8) is 0 Å². The van der Waals surface area contributed by atoms with E-state index in [9.17, 15) is 4.79 Å². The van der Waals surface area contributed by atoms with Gasteiger partial charge in [0, 0.05) is 12.0 Å². The van der Waals surface area contributed by atoms with Gasteiger partial charge in [-0.25, -0.2) is 0 Å². The summed E-state index contributed by atoms with van der Waals surface area (Å²) >= 11 is 0. The maximum Gasteiger partial charge on any atom is 0.223 e. The Hall–Kier alpha value is -0.570. The largest absolute Gasteiger partial charge is 0.353 e. The van der Waals surface area contributed by atoms with Gasteiger partial charge in [-0.1, -0.05) is 40.0 Å². The zero-order chi connectivity index (χ0) is 12.7. The number of hydrogen-bond donors (Lipinski definition) is 2. The summed E-state index contributed by atoms with van der Waals surface area (Å²) in [6.45, 7) is 8.45. The molecule has 0 bridgehead atoms. The van der Waals surface area contributed by atoms with Crippen molar-refractivity contribution in [3.05, 3.63) is 0 Å². The maximum atomic E-state index is 12.1. The molecule has 1 saturated heterocycles. The van der Waals surface area contributed by atoms with Gasteiger partial charge in [0.1, 0.15) is 0 Å². The van der Waals surface area contributed by atoms with E-state index in [0.29, 0.717) is 12.0 Å². The number of carbonyl (C=O) groups excluding carboxylic acids is 1. The standard InChI is InChI=1S/C14H28N2O/c1-4-6-8-13(7-5-2)16-14(17)11(3)12-9-15-10-12/h11-13,15H,4-10H2,1-3H3,(H,16,17). The molecule has 1 aliphatic heterocycles. The fourth-order valence-corrected chi connectivity index (χ4v) is 2.30. The van der Waals surface area contributed by atoms with Gasteiger partial charge in [-0.05, 0) is 31.8 Å². The van der Waals surface area contributed by atoms with Gasteiger partial charge in [0.25, 0.3) is 0 Å². The third-order valence-corrected chi connectivity index (χ3v) is 3.82. The predicted molar refractivity (Wildman–Crippen MR) is 71.9 cm³/mol. The van der Waals surface area contributed by atoms with Crippen LogP contribution in [0.5, 0.6) is 0 Å². The Morgan fingerprint density at radius 3 is 2.47 bits per heavy atom. The summed E-state index contributed by atoms with van der Waals surface area (Å²) in [5.74, 6) is 0.965. The summed E-state index contributed by atoms with van der Waals surface area (Å²) in [6.07, 6.45) is 5.81. The normalized spacial score (nSPS) is 19.5. The minimum absolute atomic E-state index is 0.164. The molecular weight excluding hydrogens is 212 g/mol. The summed E-state index contributed by atoms with van der Waals surface area (Å²) in [7, 11) is 0. The first-order valence-electron chi connectivity index (χ1n) is 7.20. The number of rotatable bonds is 8. The number of unbranched alkanes of at least 4 members (excludes halogenated alkanes) is 1. The molecule has 1 rings (SSSR count). The fraction of sp³-hybridized carbons (Fsp3) is 0.929. The van der Waals surface area contributed by atoms with Crippen molar-refractivity contribution in [3.8, 4) is 0 Å². The van der Waals surface area contributed by atoms with E-state index >= 15 is 0 Å². The number of nitrogens with one attached hydrogen (secondary N) is 2. The molecule has 1 amide bonds. The quantitative estimate of drug-likeness (QED) is 0.683. The van der Waals surface area contributed by atoms with E-state index in [2.05, 4.69) is 31.4 Å². The highest BCUT2D eigenvalue weighted by Gasteiger charge is 2.29. The average molecular weight is 240 g/mol. The lowest BCUT2D eigenvalue weighted by Gasteiger charge is -2.32. The number of carbonyl (C=O) groups is 1. The van der Waals surface area contributed by atoms with Gasteiger partial charge in [-0.2, -0.15) is 0 Å². The second kappa shape index (κ2) is 7.70. The Labute approximate surface area is 106 Å². The molecule has 0 aromatic carbocycles. The van der Waals surface area contributed by atoms with Gasteiger partial charge in [0.2, 0.25) is 5.91 Å². The van der Waals surface area contributed by atoms with E-state index in [-0.39, 0.29) is 11.8 Å². The van der Waals surface area contributed by atoms with Gasteiger partial charge < -0.3 is 10.6 Å². The fourth-order valence-electron chi connectivity index (χ4n) is 2.30. The van der Waals surface area contributed by atoms with Crippen molar-refractivity contribution in [2.75, 3.05) is 13.1 Å². The van der Waals surface area contributed by atoms with Crippen LogP contribution in [-0.4, -0.2) is 25.0 Å². The summed E-state index contributed by atoms with van der Waals surface area (Å²) in [5, 5.41) is 6.46.